The number of aromatic nitrogens is 3. The van der Waals surface area contributed by atoms with Gasteiger partial charge in [0.25, 0.3) is 0 Å². The minimum Gasteiger partial charge on any atom is -0.298 e. The summed E-state index contributed by atoms with van der Waals surface area (Å²) >= 11 is 0. The van der Waals surface area contributed by atoms with Crippen LogP contribution in [0.1, 0.15) is 35.6 Å². The molecule has 3 aromatic rings. The number of nitrogens with zero attached hydrogens (tertiary/aromatic N) is 3. The highest BCUT2D eigenvalue weighted by molar-refractivity contribution is 5.89. The van der Waals surface area contributed by atoms with Crippen molar-refractivity contribution < 1.29 is 4.79 Å². The number of benzene rings is 1. The third-order valence-corrected chi connectivity index (χ3v) is 3.62. The van der Waals surface area contributed by atoms with Crippen LogP contribution in [-0.4, -0.2) is 21.1 Å². The fourth-order valence-electron chi connectivity index (χ4n) is 2.46. The molecule has 0 saturated heterocycles. The molecule has 2 heterocycles. The van der Waals surface area contributed by atoms with Gasteiger partial charge in [0.15, 0.2) is 12.1 Å². The Bertz CT molecular complexity index is 805. The van der Waals surface area contributed by atoms with Gasteiger partial charge in [-0.2, -0.15) is 5.10 Å². The number of hydrogen-bond acceptors (Lipinski definition) is 3. The van der Waals surface area contributed by atoms with Gasteiger partial charge in [-0.15, -0.1) is 0 Å². The normalized spacial score (nSPS) is 11.0. The lowest BCUT2D eigenvalue weighted by molar-refractivity contribution is 0.112. The van der Waals surface area contributed by atoms with E-state index in [1.54, 1.807) is 4.68 Å². The van der Waals surface area contributed by atoms with Crippen LogP contribution in [0.2, 0.25) is 0 Å². The number of pyridine rings is 1. The van der Waals surface area contributed by atoms with Gasteiger partial charge < -0.3 is 0 Å². The highest BCUT2D eigenvalue weighted by atomic mass is 16.1. The molecule has 0 spiro atoms. The van der Waals surface area contributed by atoms with E-state index in [-0.39, 0.29) is 0 Å². The van der Waals surface area contributed by atoms with Gasteiger partial charge in [-0.05, 0) is 31.0 Å². The largest absolute Gasteiger partial charge is 0.298 e. The van der Waals surface area contributed by atoms with Crippen LogP contribution < -0.4 is 0 Å². The van der Waals surface area contributed by atoms with Crippen LogP contribution in [0.15, 0.2) is 36.4 Å². The van der Waals surface area contributed by atoms with Gasteiger partial charge in [-0.3, -0.25) is 4.79 Å². The van der Waals surface area contributed by atoms with Crippen LogP contribution >= 0.6 is 0 Å². The van der Waals surface area contributed by atoms with Crippen molar-refractivity contribution >= 4 is 17.2 Å². The molecule has 4 heteroatoms. The molecule has 0 aliphatic rings. The summed E-state index contributed by atoms with van der Waals surface area (Å²) in [6, 6.07) is 11.7. The van der Waals surface area contributed by atoms with Crippen LogP contribution in [0.25, 0.3) is 16.7 Å². The molecule has 0 unspecified atom stereocenters. The van der Waals surface area contributed by atoms with Gasteiger partial charge in [0.05, 0.1) is 16.8 Å². The van der Waals surface area contributed by atoms with E-state index in [1.807, 2.05) is 30.3 Å². The number of carbonyl (C=O) groups is 1. The lowest BCUT2D eigenvalue weighted by Gasteiger charge is -2.09. The van der Waals surface area contributed by atoms with Crippen LogP contribution in [0.5, 0.6) is 0 Å². The fourth-order valence-corrected chi connectivity index (χ4v) is 2.46. The summed E-state index contributed by atoms with van der Waals surface area (Å²) in [6.07, 6.45) is 2.56. The van der Waals surface area contributed by atoms with Crippen molar-refractivity contribution in [3.05, 3.63) is 53.3 Å². The molecule has 4 nitrogen and oxygen atoms in total. The first-order valence-electron chi connectivity index (χ1n) is 7.20. The van der Waals surface area contributed by atoms with Crippen molar-refractivity contribution in [3.8, 4) is 5.82 Å². The van der Waals surface area contributed by atoms with E-state index in [2.05, 4.69) is 30.0 Å². The fraction of sp³-hybridized carbons (Fsp3) is 0.235. The van der Waals surface area contributed by atoms with E-state index in [4.69, 9.17) is 0 Å². The van der Waals surface area contributed by atoms with Gasteiger partial charge in [0.1, 0.15) is 0 Å². The maximum atomic E-state index is 11.4. The predicted octanol–water partition coefficient (Wildman–Crippen LogP) is 3.36. The smallest absolute Gasteiger partial charge is 0.164 e. The van der Waals surface area contributed by atoms with Crippen molar-refractivity contribution in [1.82, 2.24) is 14.8 Å². The Hall–Kier alpha value is -2.49. The topological polar surface area (TPSA) is 47.8 Å². The molecule has 21 heavy (non-hydrogen) atoms. The number of aryl methyl sites for hydroxylation is 2. The Labute approximate surface area is 123 Å². The highest BCUT2D eigenvalue weighted by Crippen LogP contribution is 2.20. The molecule has 0 N–H and O–H groups in total. The molecule has 0 bridgehead atoms. The lowest BCUT2D eigenvalue weighted by Crippen LogP contribution is -2.08. The molecule has 3 rings (SSSR count). The van der Waals surface area contributed by atoms with Crippen LogP contribution in [0.3, 0.4) is 0 Å². The second kappa shape index (κ2) is 5.48. The Morgan fingerprint density at radius 1 is 1.14 bits per heavy atom. The Morgan fingerprint density at radius 2 is 1.95 bits per heavy atom. The second-order valence-corrected chi connectivity index (χ2v) is 4.96. The van der Waals surface area contributed by atoms with Crippen molar-refractivity contribution in [2.45, 2.75) is 26.7 Å². The van der Waals surface area contributed by atoms with Crippen LogP contribution in [-0.2, 0) is 12.8 Å². The van der Waals surface area contributed by atoms with E-state index in [0.29, 0.717) is 11.4 Å². The molecule has 0 radical (unpaired) electrons. The zero-order valence-corrected chi connectivity index (χ0v) is 12.2. The lowest BCUT2D eigenvalue weighted by atomic mass is 10.1. The molecule has 0 fully saturated rings. The quantitative estimate of drug-likeness (QED) is 0.688. The first-order valence-corrected chi connectivity index (χ1v) is 7.20. The van der Waals surface area contributed by atoms with Crippen LogP contribution in [0.4, 0.5) is 0 Å². The predicted molar refractivity (Wildman–Crippen MR) is 83.0 cm³/mol. The highest BCUT2D eigenvalue weighted by Gasteiger charge is 2.13. The maximum absolute atomic E-state index is 11.4. The van der Waals surface area contributed by atoms with Gasteiger partial charge in [0, 0.05) is 11.1 Å². The third-order valence-electron chi connectivity index (χ3n) is 3.62. The standard InChI is InChI=1S/C17H17N3O/c1-3-14-10-15(4-2)20(19-14)17-13(11-21)9-12-7-5-6-8-16(12)18-17/h5-11H,3-4H2,1-2H3. The molecule has 1 aromatic carbocycles. The molecule has 2 aromatic heterocycles. The van der Waals surface area contributed by atoms with Crippen LogP contribution in [0, 0.1) is 0 Å². The van der Waals surface area contributed by atoms with E-state index < -0.39 is 0 Å². The average molecular weight is 279 g/mol. The number of para-hydroxylation sites is 1. The molecule has 0 saturated carbocycles. The minimum atomic E-state index is 0.564. The molecule has 0 atom stereocenters. The zero-order valence-electron chi connectivity index (χ0n) is 12.2. The summed E-state index contributed by atoms with van der Waals surface area (Å²) < 4.78 is 1.80. The van der Waals surface area contributed by atoms with Crippen molar-refractivity contribution in [3.63, 3.8) is 0 Å². The summed E-state index contributed by atoms with van der Waals surface area (Å²) in [5.41, 5.74) is 3.51. The molecule has 0 aliphatic carbocycles. The summed E-state index contributed by atoms with van der Waals surface area (Å²) in [7, 11) is 0. The molecule has 106 valence electrons. The number of carbonyl (C=O) groups excluding carboxylic acids is 1. The van der Waals surface area contributed by atoms with E-state index in [9.17, 15) is 4.79 Å². The summed E-state index contributed by atoms with van der Waals surface area (Å²) in [4.78, 5) is 16.1. The Balaban J connectivity index is 2.27. The minimum absolute atomic E-state index is 0.564. The number of fused-ring (bicyclic) bond motifs is 1. The molecular formula is C17H17N3O. The number of aldehydes is 1. The monoisotopic (exact) mass is 279 g/mol. The van der Waals surface area contributed by atoms with Gasteiger partial charge in [-0.1, -0.05) is 32.0 Å². The van der Waals surface area contributed by atoms with Gasteiger partial charge >= 0.3 is 0 Å². The molecular weight excluding hydrogens is 262 g/mol. The Morgan fingerprint density at radius 3 is 2.67 bits per heavy atom. The van der Waals surface area contributed by atoms with Gasteiger partial charge in [0.2, 0.25) is 0 Å². The number of rotatable bonds is 4. The molecule has 0 aliphatic heterocycles. The van der Waals surface area contributed by atoms with Crippen molar-refractivity contribution in [2.24, 2.45) is 0 Å². The first-order chi connectivity index (χ1) is 10.3. The van der Waals surface area contributed by atoms with Gasteiger partial charge in [-0.25, -0.2) is 9.67 Å². The van der Waals surface area contributed by atoms with Crippen molar-refractivity contribution in [2.75, 3.05) is 0 Å². The van der Waals surface area contributed by atoms with Crippen molar-refractivity contribution in [1.29, 1.82) is 0 Å². The van der Waals surface area contributed by atoms with E-state index >= 15 is 0 Å². The van der Waals surface area contributed by atoms with E-state index in [1.165, 1.54) is 0 Å². The second-order valence-electron chi connectivity index (χ2n) is 4.96. The number of hydrogen-bond donors (Lipinski definition) is 0. The zero-order chi connectivity index (χ0) is 14.8. The summed E-state index contributed by atoms with van der Waals surface area (Å²) in [5, 5.41) is 5.54. The SMILES string of the molecule is CCc1cc(CC)n(-c2nc3ccccc3cc2C=O)n1. The molecule has 0 amide bonds. The summed E-state index contributed by atoms with van der Waals surface area (Å²) in [6.45, 7) is 4.15. The van der Waals surface area contributed by atoms with E-state index in [0.717, 1.165) is 41.4 Å². The Kier molecular flexibility index (Phi) is 3.52. The maximum Gasteiger partial charge on any atom is 0.164 e. The summed E-state index contributed by atoms with van der Waals surface area (Å²) in [5.74, 6) is 0.611. The first kappa shape index (κ1) is 13.5. The third kappa shape index (κ3) is 2.33. The average Bonchev–Trinajstić information content (AvgIpc) is 2.96.